The summed E-state index contributed by atoms with van der Waals surface area (Å²) in [5, 5.41) is 2.92. The molecule has 32 heavy (non-hydrogen) atoms. The molecule has 2 aromatic carbocycles. The second-order valence-corrected chi connectivity index (χ2v) is 7.78. The SMILES string of the molecule is CCN(CC)C(=O)c1cc(NC(=O)c2ccc(OC)cc2OC)ccc1N1CCCCC1. The van der Waals surface area contributed by atoms with Crippen LogP contribution in [-0.4, -0.2) is 57.1 Å². The Labute approximate surface area is 190 Å². The molecule has 0 radical (unpaired) electrons. The van der Waals surface area contributed by atoms with E-state index in [1.807, 2.05) is 26.0 Å². The molecule has 1 N–H and O–H groups in total. The second kappa shape index (κ2) is 10.9. The predicted octanol–water partition coefficient (Wildman–Crippen LogP) is 4.43. The van der Waals surface area contributed by atoms with Gasteiger partial charge in [-0.25, -0.2) is 0 Å². The zero-order valence-corrected chi connectivity index (χ0v) is 19.4. The van der Waals surface area contributed by atoms with Gasteiger partial charge in [-0.1, -0.05) is 0 Å². The van der Waals surface area contributed by atoms with E-state index in [0.29, 0.717) is 41.4 Å². The number of hydrogen-bond acceptors (Lipinski definition) is 5. The zero-order chi connectivity index (χ0) is 23.1. The average molecular weight is 440 g/mol. The summed E-state index contributed by atoms with van der Waals surface area (Å²) in [4.78, 5) is 30.4. The smallest absolute Gasteiger partial charge is 0.259 e. The molecule has 1 aliphatic rings. The number of hydrogen-bond donors (Lipinski definition) is 1. The van der Waals surface area contributed by atoms with Crippen LogP contribution in [0.4, 0.5) is 11.4 Å². The van der Waals surface area contributed by atoms with Crippen molar-refractivity contribution in [1.29, 1.82) is 0 Å². The van der Waals surface area contributed by atoms with E-state index < -0.39 is 0 Å². The number of nitrogens with zero attached hydrogens (tertiary/aromatic N) is 2. The van der Waals surface area contributed by atoms with Gasteiger partial charge in [0.25, 0.3) is 11.8 Å². The molecule has 7 nitrogen and oxygen atoms in total. The minimum atomic E-state index is -0.309. The summed E-state index contributed by atoms with van der Waals surface area (Å²) in [6, 6.07) is 10.6. The van der Waals surface area contributed by atoms with Gasteiger partial charge in [0.15, 0.2) is 0 Å². The standard InChI is InChI=1S/C25H33N3O4/c1-5-27(6-2)25(30)21-16-18(10-13-22(21)28-14-8-7-9-15-28)26-24(29)20-12-11-19(31-3)17-23(20)32-4/h10-13,16-17H,5-9,14-15H2,1-4H3,(H,26,29). The number of rotatable bonds is 8. The molecule has 0 atom stereocenters. The molecule has 0 saturated carbocycles. The Morgan fingerprint density at radius 3 is 2.28 bits per heavy atom. The third kappa shape index (κ3) is 5.15. The molecule has 7 heteroatoms. The van der Waals surface area contributed by atoms with Crippen molar-refractivity contribution in [3.05, 3.63) is 47.5 Å². The van der Waals surface area contributed by atoms with E-state index in [-0.39, 0.29) is 11.8 Å². The van der Waals surface area contributed by atoms with Gasteiger partial charge < -0.3 is 24.6 Å². The van der Waals surface area contributed by atoms with Crippen molar-refractivity contribution in [1.82, 2.24) is 4.90 Å². The van der Waals surface area contributed by atoms with Crippen LogP contribution in [0.1, 0.15) is 53.8 Å². The van der Waals surface area contributed by atoms with Crippen molar-refractivity contribution in [3.8, 4) is 11.5 Å². The van der Waals surface area contributed by atoms with Crippen molar-refractivity contribution in [2.45, 2.75) is 33.1 Å². The Kier molecular flexibility index (Phi) is 7.98. The van der Waals surface area contributed by atoms with Gasteiger partial charge in [0.1, 0.15) is 11.5 Å². The molecule has 0 spiro atoms. The Morgan fingerprint density at radius 1 is 0.938 bits per heavy atom. The van der Waals surface area contributed by atoms with E-state index in [9.17, 15) is 9.59 Å². The molecule has 0 aromatic heterocycles. The van der Waals surface area contributed by atoms with E-state index in [4.69, 9.17) is 9.47 Å². The van der Waals surface area contributed by atoms with Crippen LogP contribution in [0, 0.1) is 0 Å². The molecule has 172 valence electrons. The molecular weight excluding hydrogens is 406 g/mol. The number of benzene rings is 2. The van der Waals surface area contributed by atoms with Gasteiger partial charge in [0.05, 0.1) is 25.3 Å². The lowest BCUT2D eigenvalue weighted by Gasteiger charge is -2.31. The van der Waals surface area contributed by atoms with Gasteiger partial charge in [-0.05, 0) is 63.4 Å². The number of methoxy groups -OCH3 is 2. The maximum Gasteiger partial charge on any atom is 0.259 e. The normalized spacial score (nSPS) is 13.4. The van der Waals surface area contributed by atoms with E-state index >= 15 is 0 Å². The minimum Gasteiger partial charge on any atom is -0.497 e. The highest BCUT2D eigenvalue weighted by molar-refractivity contribution is 6.08. The summed E-state index contributed by atoms with van der Waals surface area (Å²) >= 11 is 0. The van der Waals surface area contributed by atoms with Crippen LogP contribution < -0.4 is 19.7 Å². The molecular formula is C25H33N3O4. The Bertz CT molecular complexity index is 950. The minimum absolute atomic E-state index is 0.0197. The second-order valence-electron chi connectivity index (χ2n) is 7.78. The Morgan fingerprint density at radius 2 is 1.66 bits per heavy atom. The number of anilines is 2. The summed E-state index contributed by atoms with van der Waals surface area (Å²) in [7, 11) is 3.08. The van der Waals surface area contributed by atoms with Gasteiger partial charge in [-0.15, -0.1) is 0 Å². The summed E-state index contributed by atoms with van der Waals surface area (Å²) in [5.74, 6) is 0.702. The highest BCUT2D eigenvalue weighted by Gasteiger charge is 2.23. The first-order valence-corrected chi connectivity index (χ1v) is 11.2. The van der Waals surface area contributed by atoms with Crippen LogP contribution in [0.2, 0.25) is 0 Å². The van der Waals surface area contributed by atoms with Crippen molar-refractivity contribution in [2.75, 3.05) is 50.6 Å². The van der Waals surface area contributed by atoms with Gasteiger partial charge in [-0.2, -0.15) is 0 Å². The summed E-state index contributed by atoms with van der Waals surface area (Å²) in [5.41, 5.74) is 2.52. The molecule has 0 unspecified atom stereocenters. The van der Waals surface area contributed by atoms with Crippen LogP contribution in [0.3, 0.4) is 0 Å². The van der Waals surface area contributed by atoms with E-state index in [2.05, 4.69) is 10.2 Å². The zero-order valence-electron chi connectivity index (χ0n) is 19.4. The number of ether oxygens (including phenoxy) is 2. The van der Waals surface area contributed by atoms with Crippen LogP contribution in [-0.2, 0) is 0 Å². The third-order valence-corrected chi connectivity index (χ3v) is 5.89. The van der Waals surface area contributed by atoms with Crippen LogP contribution in [0.15, 0.2) is 36.4 Å². The maximum absolute atomic E-state index is 13.3. The lowest BCUT2D eigenvalue weighted by molar-refractivity contribution is 0.0773. The van der Waals surface area contributed by atoms with Gasteiger partial charge >= 0.3 is 0 Å². The molecule has 1 saturated heterocycles. The number of amides is 2. The molecule has 0 bridgehead atoms. The quantitative estimate of drug-likeness (QED) is 0.659. The van der Waals surface area contributed by atoms with Crippen molar-refractivity contribution < 1.29 is 19.1 Å². The Hall–Kier alpha value is -3.22. The van der Waals surface area contributed by atoms with Crippen molar-refractivity contribution in [2.24, 2.45) is 0 Å². The van der Waals surface area contributed by atoms with Gasteiger partial charge in [-0.3, -0.25) is 9.59 Å². The molecule has 3 rings (SSSR count). The fraction of sp³-hybridized carbons (Fsp3) is 0.440. The third-order valence-electron chi connectivity index (χ3n) is 5.89. The van der Waals surface area contributed by atoms with E-state index in [0.717, 1.165) is 31.6 Å². The molecule has 1 fully saturated rings. The van der Waals surface area contributed by atoms with Crippen molar-refractivity contribution >= 4 is 23.2 Å². The molecule has 1 aliphatic heterocycles. The fourth-order valence-corrected chi connectivity index (χ4v) is 4.06. The van der Waals surface area contributed by atoms with E-state index in [1.165, 1.54) is 13.5 Å². The summed E-state index contributed by atoms with van der Waals surface area (Å²) < 4.78 is 10.6. The largest absolute Gasteiger partial charge is 0.497 e. The monoisotopic (exact) mass is 439 g/mol. The first-order valence-electron chi connectivity index (χ1n) is 11.2. The van der Waals surface area contributed by atoms with E-state index in [1.54, 1.807) is 36.3 Å². The predicted molar refractivity (Wildman–Crippen MR) is 127 cm³/mol. The van der Waals surface area contributed by atoms with Crippen LogP contribution >= 0.6 is 0 Å². The molecule has 2 aromatic rings. The lowest BCUT2D eigenvalue weighted by atomic mass is 10.0. The Balaban J connectivity index is 1.92. The summed E-state index contributed by atoms with van der Waals surface area (Å²) in [6.45, 7) is 7.09. The highest BCUT2D eigenvalue weighted by Crippen LogP contribution is 2.30. The van der Waals surface area contributed by atoms with Gasteiger partial charge in [0, 0.05) is 43.6 Å². The molecule has 2 amide bonds. The molecule has 0 aliphatic carbocycles. The highest BCUT2D eigenvalue weighted by atomic mass is 16.5. The van der Waals surface area contributed by atoms with Crippen molar-refractivity contribution in [3.63, 3.8) is 0 Å². The number of piperidine rings is 1. The lowest BCUT2D eigenvalue weighted by Crippen LogP contribution is -2.35. The number of carbonyl (C=O) groups excluding carboxylic acids is 2. The fourth-order valence-electron chi connectivity index (χ4n) is 4.06. The van der Waals surface area contributed by atoms with Crippen LogP contribution in [0.25, 0.3) is 0 Å². The topological polar surface area (TPSA) is 71.1 Å². The molecule has 1 heterocycles. The number of nitrogens with one attached hydrogen (secondary N) is 1. The first-order chi connectivity index (χ1) is 15.5. The first kappa shape index (κ1) is 23.4. The number of carbonyl (C=O) groups is 2. The summed E-state index contributed by atoms with van der Waals surface area (Å²) in [6.07, 6.45) is 3.46. The van der Waals surface area contributed by atoms with Crippen LogP contribution in [0.5, 0.6) is 11.5 Å². The maximum atomic E-state index is 13.3. The van der Waals surface area contributed by atoms with Gasteiger partial charge in [0.2, 0.25) is 0 Å². The average Bonchev–Trinajstić information content (AvgIpc) is 2.84.